The van der Waals surface area contributed by atoms with Crippen LogP contribution in [0.4, 0.5) is 0 Å². The van der Waals surface area contributed by atoms with Gasteiger partial charge >= 0.3 is 0 Å². The van der Waals surface area contributed by atoms with Gasteiger partial charge in [0.2, 0.25) is 0 Å². The van der Waals surface area contributed by atoms with Crippen molar-refractivity contribution < 1.29 is 5.11 Å². The van der Waals surface area contributed by atoms with Crippen molar-refractivity contribution in [1.29, 1.82) is 0 Å². The summed E-state index contributed by atoms with van der Waals surface area (Å²) in [5.74, 6) is 0.892. The van der Waals surface area contributed by atoms with Gasteiger partial charge in [0.05, 0.1) is 0 Å². The molecule has 0 aliphatic carbocycles. The molecular formula is C17H36O. The highest BCUT2D eigenvalue weighted by Gasteiger charge is 2.01. The molecule has 0 aliphatic heterocycles. The molecule has 1 heteroatoms. The molecule has 1 N–H and O–H groups in total. The molecule has 0 heterocycles. The topological polar surface area (TPSA) is 20.2 Å². The lowest BCUT2D eigenvalue weighted by atomic mass is 9.96. The van der Waals surface area contributed by atoms with Gasteiger partial charge in [-0.3, -0.25) is 0 Å². The van der Waals surface area contributed by atoms with Gasteiger partial charge in [0.15, 0.2) is 0 Å². The molecule has 0 fully saturated rings. The van der Waals surface area contributed by atoms with Crippen molar-refractivity contribution >= 4 is 0 Å². The fourth-order valence-corrected chi connectivity index (χ4v) is 2.55. The van der Waals surface area contributed by atoms with E-state index in [9.17, 15) is 0 Å². The second-order valence-electron chi connectivity index (χ2n) is 5.94. The lowest BCUT2D eigenvalue weighted by Crippen LogP contribution is -1.95. The first-order valence-corrected chi connectivity index (χ1v) is 8.42. The number of rotatable bonds is 14. The summed E-state index contributed by atoms with van der Waals surface area (Å²) in [6.07, 6.45) is 17.7. The van der Waals surface area contributed by atoms with E-state index in [2.05, 4.69) is 13.8 Å². The minimum atomic E-state index is 0.367. The monoisotopic (exact) mass is 256 g/mol. The van der Waals surface area contributed by atoms with Gasteiger partial charge < -0.3 is 5.11 Å². The van der Waals surface area contributed by atoms with E-state index in [0.717, 1.165) is 12.3 Å². The Bertz CT molecular complexity index is 145. The average molecular weight is 256 g/mol. The maximum Gasteiger partial charge on any atom is 0.0431 e. The summed E-state index contributed by atoms with van der Waals surface area (Å²) in [5, 5.41) is 8.71. The summed E-state index contributed by atoms with van der Waals surface area (Å²) in [5.41, 5.74) is 0. The first-order chi connectivity index (χ1) is 8.81. The summed E-state index contributed by atoms with van der Waals surface area (Å²) in [7, 11) is 0. The summed E-state index contributed by atoms with van der Waals surface area (Å²) >= 11 is 0. The van der Waals surface area contributed by atoms with E-state index in [1.807, 2.05) is 0 Å². The van der Waals surface area contributed by atoms with E-state index in [1.165, 1.54) is 77.0 Å². The predicted octanol–water partition coefficient (Wildman–Crippen LogP) is 5.71. The van der Waals surface area contributed by atoms with Crippen molar-refractivity contribution in [1.82, 2.24) is 0 Å². The van der Waals surface area contributed by atoms with E-state index in [0.29, 0.717) is 6.61 Å². The third-order valence-corrected chi connectivity index (χ3v) is 3.91. The lowest BCUT2D eigenvalue weighted by Gasteiger charge is -2.10. The predicted molar refractivity (Wildman–Crippen MR) is 81.9 cm³/mol. The van der Waals surface area contributed by atoms with Crippen LogP contribution in [0.15, 0.2) is 0 Å². The Morgan fingerprint density at radius 2 is 1.11 bits per heavy atom. The summed E-state index contributed by atoms with van der Waals surface area (Å²) in [6.45, 7) is 5.04. The van der Waals surface area contributed by atoms with Crippen LogP contribution in [0, 0.1) is 5.92 Å². The van der Waals surface area contributed by atoms with Gasteiger partial charge in [-0.25, -0.2) is 0 Å². The number of aliphatic hydroxyl groups excluding tert-OH is 1. The molecule has 0 radical (unpaired) electrons. The summed E-state index contributed by atoms with van der Waals surface area (Å²) < 4.78 is 0. The fourth-order valence-electron chi connectivity index (χ4n) is 2.55. The quantitative estimate of drug-likeness (QED) is 0.395. The maximum absolute atomic E-state index is 8.71. The molecule has 0 amide bonds. The van der Waals surface area contributed by atoms with Crippen molar-refractivity contribution in [3.05, 3.63) is 0 Å². The Hall–Kier alpha value is -0.0400. The number of unbranched alkanes of at least 4 members (excludes halogenated alkanes) is 9. The molecule has 0 aliphatic rings. The van der Waals surface area contributed by atoms with Gasteiger partial charge in [-0.1, -0.05) is 90.9 Å². The highest BCUT2D eigenvalue weighted by Crippen LogP contribution is 2.17. The molecule has 0 rings (SSSR count). The first-order valence-electron chi connectivity index (χ1n) is 8.42. The zero-order valence-corrected chi connectivity index (χ0v) is 12.9. The van der Waals surface area contributed by atoms with Gasteiger partial charge in [0, 0.05) is 6.61 Å². The lowest BCUT2D eigenvalue weighted by molar-refractivity contribution is 0.280. The number of aliphatic hydroxyl groups is 1. The van der Waals surface area contributed by atoms with Gasteiger partial charge in [-0.2, -0.15) is 0 Å². The Labute approximate surface area is 115 Å². The minimum Gasteiger partial charge on any atom is -0.396 e. The van der Waals surface area contributed by atoms with Crippen LogP contribution in [0.3, 0.4) is 0 Å². The summed E-state index contributed by atoms with van der Waals surface area (Å²) in [4.78, 5) is 0. The van der Waals surface area contributed by atoms with Crippen LogP contribution in [0.25, 0.3) is 0 Å². The maximum atomic E-state index is 8.71. The van der Waals surface area contributed by atoms with Crippen LogP contribution in [-0.2, 0) is 0 Å². The zero-order valence-electron chi connectivity index (χ0n) is 12.9. The Morgan fingerprint density at radius 3 is 1.61 bits per heavy atom. The molecule has 0 aromatic heterocycles. The van der Waals surface area contributed by atoms with E-state index in [-0.39, 0.29) is 0 Å². The van der Waals surface area contributed by atoms with Gasteiger partial charge in [-0.05, 0) is 12.3 Å². The Morgan fingerprint density at radius 1 is 0.667 bits per heavy atom. The molecule has 1 unspecified atom stereocenters. The Balaban J connectivity index is 3.08. The molecule has 0 saturated carbocycles. The van der Waals surface area contributed by atoms with Crippen LogP contribution < -0.4 is 0 Å². The highest BCUT2D eigenvalue weighted by molar-refractivity contribution is 4.55. The standard InChI is InChI=1S/C17H36O/c1-3-4-5-6-7-8-9-11-14-17(2)15-12-10-13-16-18/h17-18H,3-16H2,1-2H3. The minimum absolute atomic E-state index is 0.367. The van der Waals surface area contributed by atoms with E-state index >= 15 is 0 Å². The molecule has 1 atom stereocenters. The molecule has 0 saturated heterocycles. The highest BCUT2D eigenvalue weighted by atomic mass is 16.2. The second kappa shape index (κ2) is 15.0. The Kier molecular flexibility index (Phi) is 15.0. The number of hydrogen-bond donors (Lipinski definition) is 1. The first kappa shape index (κ1) is 18.0. The van der Waals surface area contributed by atoms with Crippen molar-refractivity contribution in [3.8, 4) is 0 Å². The molecule has 18 heavy (non-hydrogen) atoms. The van der Waals surface area contributed by atoms with Crippen molar-refractivity contribution in [3.63, 3.8) is 0 Å². The van der Waals surface area contributed by atoms with Crippen LogP contribution in [-0.4, -0.2) is 11.7 Å². The van der Waals surface area contributed by atoms with Crippen molar-refractivity contribution in [2.24, 2.45) is 5.92 Å². The number of hydrogen-bond acceptors (Lipinski definition) is 1. The zero-order chi connectivity index (χ0) is 13.5. The normalized spacial score (nSPS) is 12.8. The van der Waals surface area contributed by atoms with Crippen molar-refractivity contribution in [2.75, 3.05) is 6.61 Å². The van der Waals surface area contributed by atoms with E-state index in [4.69, 9.17) is 5.11 Å². The average Bonchev–Trinajstić information content (AvgIpc) is 2.38. The van der Waals surface area contributed by atoms with Crippen LogP contribution in [0.1, 0.15) is 97.3 Å². The second-order valence-corrected chi connectivity index (χ2v) is 5.94. The molecule has 0 aromatic carbocycles. The molecule has 0 aromatic rings. The largest absolute Gasteiger partial charge is 0.396 e. The van der Waals surface area contributed by atoms with Gasteiger partial charge in [0.25, 0.3) is 0 Å². The third-order valence-electron chi connectivity index (χ3n) is 3.91. The molecule has 1 nitrogen and oxygen atoms in total. The molecule has 0 bridgehead atoms. The third kappa shape index (κ3) is 14.0. The van der Waals surface area contributed by atoms with Gasteiger partial charge in [0.1, 0.15) is 0 Å². The molecular weight excluding hydrogens is 220 g/mol. The van der Waals surface area contributed by atoms with Crippen LogP contribution in [0.2, 0.25) is 0 Å². The van der Waals surface area contributed by atoms with Crippen LogP contribution >= 0.6 is 0 Å². The SMILES string of the molecule is CCCCCCCCCCC(C)CCCCCO. The van der Waals surface area contributed by atoms with E-state index < -0.39 is 0 Å². The molecule has 0 spiro atoms. The smallest absolute Gasteiger partial charge is 0.0431 e. The fraction of sp³-hybridized carbons (Fsp3) is 1.00. The van der Waals surface area contributed by atoms with Gasteiger partial charge in [-0.15, -0.1) is 0 Å². The van der Waals surface area contributed by atoms with E-state index in [1.54, 1.807) is 0 Å². The van der Waals surface area contributed by atoms with Crippen molar-refractivity contribution in [2.45, 2.75) is 97.3 Å². The summed E-state index contributed by atoms with van der Waals surface area (Å²) in [6, 6.07) is 0. The van der Waals surface area contributed by atoms with Crippen LogP contribution in [0.5, 0.6) is 0 Å². The molecule has 110 valence electrons.